The van der Waals surface area contributed by atoms with Crippen molar-refractivity contribution in [1.29, 1.82) is 0 Å². The number of nitrogens with one attached hydrogen (secondary N) is 1. The monoisotopic (exact) mass is 469 g/mol. The highest BCUT2D eigenvalue weighted by atomic mass is 35.5. The highest BCUT2D eigenvalue weighted by Crippen LogP contribution is 2.28. The van der Waals surface area contributed by atoms with Gasteiger partial charge in [0.05, 0.1) is 15.6 Å². The Morgan fingerprint density at radius 2 is 1.65 bits per heavy atom. The number of halogens is 4. The molecule has 0 aliphatic carbocycles. The number of ether oxygens (including phenoxy) is 1. The molecule has 0 atom stereocenters. The van der Waals surface area contributed by atoms with Gasteiger partial charge < -0.3 is 10.1 Å². The molecule has 0 aromatic heterocycles. The first kappa shape index (κ1) is 22.6. The average Bonchev–Trinajstić information content (AvgIpc) is 2.68. The van der Waals surface area contributed by atoms with Gasteiger partial charge in [-0.25, -0.2) is 8.42 Å². The number of rotatable bonds is 5. The Balaban J connectivity index is 1.79. The first-order valence-corrected chi connectivity index (χ1v) is 11.0. The Morgan fingerprint density at radius 3 is 2.23 bits per heavy atom. The molecule has 0 aliphatic heterocycles. The van der Waals surface area contributed by atoms with Crippen LogP contribution in [0.4, 0.5) is 18.9 Å². The summed E-state index contributed by atoms with van der Waals surface area (Å²) in [5.74, 6) is -0.842. The quantitative estimate of drug-likeness (QED) is 0.531. The highest BCUT2D eigenvalue weighted by Gasteiger charge is 2.31. The molecule has 0 bridgehead atoms. The minimum absolute atomic E-state index is 0.0236. The van der Waals surface area contributed by atoms with Crippen molar-refractivity contribution >= 4 is 33.0 Å². The SMILES string of the molecule is CS(=O)(=O)c1ccc(NC(=O)c2cccc(-c3ccc(OC(F)(F)F)cc3)c2)c(Cl)c1. The minimum Gasteiger partial charge on any atom is -0.406 e. The molecule has 3 aromatic rings. The second-order valence-corrected chi connectivity index (χ2v) is 8.94. The molecule has 0 saturated heterocycles. The second-order valence-electron chi connectivity index (χ2n) is 6.52. The molecule has 0 spiro atoms. The van der Waals surface area contributed by atoms with Crippen LogP contribution in [0.15, 0.2) is 71.6 Å². The van der Waals surface area contributed by atoms with Gasteiger partial charge in [-0.3, -0.25) is 4.79 Å². The summed E-state index contributed by atoms with van der Waals surface area (Å²) in [5.41, 5.74) is 1.69. The predicted molar refractivity (Wildman–Crippen MR) is 111 cm³/mol. The van der Waals surface area contributed by atoms with Crippen molar-refractivity contribution in [3.8, 4) is 16.9 Å². The molecule has 0 heterocycles. The summed E-state index contributed by atoms with van der Waals surface area (Å²) < 4.78 is 63.9. The normalized spacial score (nSPS) is 11.8. The van der Waals surface area contributed by atoms with Crippen LogP contribution < -0.4 is 10.1 Å². The molecule has 0 saturated carbocycles. The summed E-state index contributed by atoms with van der Waals surface area (Å²) in [6, 6.07) is 15.6. The van der Waals surface area contributed by atoms with Crippen LogP contribution in [0.3, 0.4) is 0 Å². The van der Waals surface area contributed by atoms with Crippen LogP contribution in [0.2, 0.25) is 5.02 Å². The van der Waals surface area contributed by atoms with Gasteiger partial charge in [-0.1, -0.05) is 35.9 Å². The molecule has 0 fully saturated rings. The standard InChI is InChI=1S/C21H15ClF3NO4S/c1-31(28,29)17-9-10-19(18(22)12-17)26-20(27)15-4-2-3-14(11-15)13-5-7-16(8-6-13)30-21(23,24)25/h2-12H,1H3,(H,26,27). The maximum atomic E-state index is 12.6. The molecule has 0 aliphatic rings. The Kier molecular flexibility index (Phi) is 6.28. The van der Waals surface area contributed by atoms with Crippen molar-refractivity contribution in [2.75, 3.05) is 11.6 Å². The first-order valence-electron chi connectivity index (χ1n) is 8.69. The average molecular weight is 470 g/mol. The van der Waals surface area contributed by atoms with Gasteiger partial charge in [0.25, 0.3) is 5.91 Å². The van der Waals surface area contributed by atoms with Crippen molar-refractivity contribution < 1.29 is 31.1 Å². The zero-order valence-electron chi connectivity index (χ0n) is 15.9. The lowest BCUT2D eigenvalue weighted by Gasteiger charge is -2.11. The fourth-order valence-corrected chi connectivity index (χ4v) is 3.65. The van der Waals surface area contributed by atoms with Gasteiger partial charge in [0.1, 0.15) is 5.75 Å². The summed E-state index contributed by atoms with van der Waals surface area (Å²) in [6.45, 7) is 0. The van der Waals surface area contributed by atoms with Gasteiger partial charge >= 0.3 is 6.36 Å². The third-order valence-corrected chi connectivity index (χ3v) is 5.59. The van der Waals surface area contributed by atoms with Crippen molar-refractivity contribution in [3.63, 3.8) is 0 Å². The van der Waals surface area contributed by atoms with E-state index in [2.05, 4.69) is 10.1 Å². The predicted octanol–water partition coefficient (Wildman–Crippen LogP) is 5.56. The van der Waals surface area contributed by atoms with E-state index >= 15 is 0 Å². The van der Waals surface area contributed by atoms with E-state index in [9.17, 15) is 26.4 Å². The largest absolute Gasteiger partial charge is 0.573 e. The van der Waals surface area contributed by atoms with Crippen molar-refractivity contribution in [1.82, 2.24) is 0 Å². The minimum atomic E-state index is -4.78. The molecule has 3 aromatic carbocycles. The second kappa shape index (κ2) is 8.60. The van der Waals surface area contributed by atoms with Gasteiger partial charge in [0.2, 0.25) is 0 Å². The molecule has 31 heavy (non-hydrogen) atoms. The first-order chi connectivity index (χ1) is 14.4. The van der Waals surface area contributed by atoms with Crippen molar-refractivity contribution in [2.24, 2.45) is 0 Å². The van der Waals surface area contributed by atoms with E-state index in [1.165, 1.54) is 42.5 Å². The molecule has 1 N–H and O–H groups in total. The maximum absolute atomic E-state index is 12.6. The number of hydrogen-bond acceptors (Lipinski definition) is 4. The van der Waals surface area contributed by atoms with E-state index in [4.69, 9.17) is 11.6 Å². The fraction of sp³-hybridized carbons (Fsp3) is 0.0952. The third-order valence-electron chi connectivity index (χ3n) is 4.16. The lowest BCUT2D eigenvalue weighted by atomic mass is 10.0. The molecule has 0 radical (unpaired) electrons. The number of carbonyl (C=O) groups excluding carboxylic acids is 1. The number of hydrogen-bond donors (Lipinski definition) is 1. The van der Waals surface area contributed by atoms with Gasteiger partial charge in [0, 0.05) is 11.8 Å². The molecule has 3 rings (SSSR count). The van der Waals surface area contributed by atoms with Crippen LogP contribution in [0.5, 0.6) is 5.75 Å². The number of anilines is 1. The molecule has 0 unspecified atom stereocenters. The number of carbonyl (C=O) groups is 1. The van der Waals surface area contributed by atoms with Crippen LogP contribution in [-0.2, 0) is 9.84 Å². The van der Waals surface area contributed by atoms with E-state index < -0.39 is 22.1 Å². The molecular weight excluding hydrogens is 455 g/mol. The molecule has 5 nitrogen and oxygen atoms in total. The van der Waals surface area contributed by atoms with E-state index in [-0.39, 0.29) is 26.9 Å². The zero-order valence-corrected chi connectivity index (χ0v) is 17.5. The van der Waals surface area contributed by atoms with Gasteiger partial charge in [-0.05, 0) is 53.6 Å². The summed E-state index contributed by atoms with van der Waals surface area (Å²) in [4.78, 5) is 12.6. The van der Waals surface area contributed by atoms with Crippen LogP contribution in [0.1, 0.15) is 10.4 Å². The van der Waals surface area contributed by atoms with E-state index in [1.54, 1.807) is 24.3 Å². The number of benzene rings is 3. The molecular formula is C21H15ClF3NO4S. The van der Waals surface area contributed by atoms with Crippen molar-refractivity contribution in [3.05, 3.63) is 77.3 Å². The van der Waals surface area contributed by atoms with Crippen LogP contribution in [0.25, 0.3) is 11.1 Å². The Labute approximate surface area is 181 Å². The summed E-state index contributed by atoms with van der Waals surface area (Å²) >= 11 is 6.08. The number of alkyl halides is 3. The topological polar surface area (TPSA) is 72.5 Å². The number of amides is 1. The fourth-order valence-electron chi connectivity index (χ4n) is 2.71. The molecule has 1 amide bonds. The zero-order chi connectivity index (χ0) is 22.8. The summed E-state index contributed by atoms with van der Waals surface area (Å²) in [5, 5.41) is 2.67. The van der Waals surface area contributed by atoms with Crippen LogP contribution >= 0.6 is 11.6 Å². The van der Waals surface area contributed by atoms with Crippen LogP contribution in [0, 0.1) is 0 Å². The van der Waals surface area contributed by atoms with Crippen LogP contribution in [-0.4, -0.2) is 26.9 Å². The van der Waals surface area contributed by atoms with Gasteiger partial charge in [-0.15, -0.1) is 13.2 Å². The Bertz CT molecular complexity index is 1230. The van der Waals surface area contributed by atoms with E-state index in [0.717, 1.165) is 6.26 Å². The van der Waals surface area contributed by atoms with Gasteiger partial charge in [-0.2, -0.15) is 0 Å². The van der Waals surface area contributed by atoms with Gasteiger partial charge in [0.15, 0.2) is 9.84 Å². The smallest absolute Gasteiger partial charge is 0.406 e. The molecule has 10 heteroatoms. The third kappa shape index (κ3) is 5.99. The number of sulfone groups is 1. The highest BCUT2D eigenvalue weighted by molar-refractivity contribution is 7.90. The van der Waals surface area contributed by atoms with Crippen molar-refractivity contribution in [2.45, 2.75) is 11.3 Å². The summed E-state index contributed by atoms with van der Waals surface area (Å²) in [7, 11) is -3.44. The maximum Gasteiger partial charge on any atom is 0.573 e. The van der Waals surface area contributed by atoms with E-state index in [0.29, 0.717) is 11.1 Å². The lowest BCUT2D eigenvalue weighted by molar-refractivity contribution is -0.274. The van der Waals surface area contributed by atoms with E-state index in [1.807, 2.05) is 0 Å². The Morgan fingerprint density at radius 1 is 0.968 bits per heavy atom. The Hall–Kier alpha value is -3.04. The lowest BCUT2D eigenvalue weighted by Crippen LogP contribution is -2.16. The molecule has 162 valence electrons. The summed E-state index contributed by atoms with van der Waals surface area (Å²) in [6.07, 6.45) is -3.73.